The van der Waals surface area contributed by atoms with Gasteiger partial charge in [-0.05, 0) is 37.5 Å². The van der Waals surface area contributed by atoms with E-state index < -0.39 is 10.0 Å². The molecule has 1 aromatic heterocycles. The van der Waals surface area contributed by atoms with Crippen molar-refractivity contribution in [3.63, 3.8) is 0 Å². The zero-order chi connectivity index (χ0) is 18.0. The lowest BCUT2D eigenvalue weighted by Crippen LogP contribution is -2.46. The van der Waals surface area contributed by atoms with Crippen LogP contribution < -0.4 is 10.5 Å². The summed E-state index contributed by atoms with van der Waals surface area (Å²) >= 11 is 3.37. The second kappa shape index (κ2) is 7.61. The molecule has 1 aliphatic rings. The molecule has 0 aliphatic carbocycles. The monoisotopic (exact) mass is 431 g/mol. The van der Waals surface area contributed by atoms with Crippen LogP contribution >= 0.6 is 15.9 Å². The number of benzene rings is 1. The minimum absolute atomic E-state index is 0.0263. The van der Waals surface area contributed by atoms with Gasteiger partial charge in [-0.25, -0.2) is 17.9 Å². The number of rotatable bonds is 6. The number of nitrogens with zero attached hydrogens (tertiary/aromatic N) is 2. The largest absolute Gasteiger partial charge is 0.421 e. The molecular weight excluding hydrogens is 410 g/mol. The average Bonchev–Trinajstić information content (AvgIpc) is 2.83. The van der Waals surface area contributed by atoms with Crippen LogP contribution in [0.15, 0.2) is 31.9 Å². The number of oxazole rings is 1. The summed E-state index contributed by atoms with van der Waals surface area (Å²) in [6, 6.07) is 5.49. The summed E-state index contributed by atoms with van der Waals surface area (Å²) in [6.07, 6.45) is 2.08. The molecule has 0 bridgehead atoms. The van der Waals surface area contributed by atoms with Gasteiger partial charge in [-0.1, -0.05) is 22.9 Å². The Balaban J connectivity index is 1.63. The van der Waals surface area contributed by atoms with Crippen LogP contribution in [-0.2, 0) is 16.7 Å². The van der Waals surface area contributed by atoms with Gasteiger partial charge in [0.05, 0.1) is 17.9 Å². The van der Waals surface area contributed by atoms with Crippen molar-refractivity contribution in [3.8, 4) is 0 Å². The van der Waals surface area contributed by atoms with Gasteiger partial charge in [0.15, 0.2) is 5.58 Å². The maximum Gasteiger partial charge on any atom is 0.421 e. The van der Waals surface area contributed by atoms with Crippen LogP contribution in [0.4, 0.5) is 0 Å². The molecule has 25 heavy (non-hydrogen) atoms. The van der Waals surface area contributed by atoms with Crippen molar-refractivity contribution in [3.05, 3.63) is 33.2 Å². The number of nitrogens with one attached hydrogen (secondary N) is 1. The highest BCUT2D eigenvalue weighted by molar-refractivity contribution is 9.10. The fraction of sp³-hybridized carbons (Fsp3) is 0.562. The molecule has 2 heterocycles. The lowest BCUT2D eigenvalue weighted by molar-refractivity contribution is 0.163. The van der Waals surface area contributed by atoms with Gasteiger partial charge in [0, 0.05) is 23.6 Å². The molecule has 2 aromatic rings. The van der Waals surface area contributed by atoms with E-state index >= 15 is 0 Å². The summed E-state index contributed by atoms with van der Waals surface area (Å²) in [7, 11) is -3.18. The molecule has 0 saturated carbocycles. The van der Waals surface area contributed by atoms with Crippen LogP contribution in [0, 0.1) is 0 Å². The zero-order valence-electron chi connectivity index (χ0n) is 14.1. The van der Waals surface area contributed by atoms with Crippen LogP contribution in [0.5, 0.6) is 0 Å². The van der Waals surface area contributed by atoms with Gasteiger partial charge in [0.2, 0.25) is 10.0 Å². The number of likely N-dealkylation sites (tertiary alicyclic amines) is 1. The minimum atomic E-state index is -3.18. The molecular formula is C16H22BrN3O4S. The van der Waals surface area contributed by atoms with Crippen molar-refractivity contribution >= 4 is 37.1 Å². The third-order valence-electron chi connectivity index (χ3n) is 4.38. The molecule has 1 aromatic carbocycles. The fourth-order valence-corrected chi connectivity index (χ4v) is 4.89. The summed E-state index contributed by atoms with van der Waals surface area (Å²) < 4.78 is 34.3. The Hall–Kier alpha value is -1.16. The topological polar surface area (TPSA) is 84.5 Å². The molecule has 0 atom stereocenters. The van der Waals surface area contributed by atoms with Crippen LogP contribution in [0.3, 0.4) is 0 Å². The van der Waals surface area contributed by atoms with E-state index in [-0.39, 0.29) is 17.6 Å². The van der Waals surface area contributed by atoms with Crippen molar-refractivity contribution in [1.29, 1.82) is 0 Å². The number of piperidine rings is 1. The van der Waals surface area contributed by atoms with E-state index in [1.807, 2.05) is 19.1 Å². The van der Waals surface area contributed by atoms with Crippen molar-refractivity contribution in [2.75, 3.05) is 18.8 Å². The van der Waals surface area contributed by atoms with E-state index in [1.54, 1.807) is 10.6 Å². The standard InChI is InChI=1S/C16H22BrN3O4S/c1-2-9-25(22,23)18-13-5-7-19(8-6-13)11-20-14-4-3-12(17)10-15(14)24-16(20)21/h3-4,10,13,18H,2,5-9,11H2,1H3. The van der Waals surface area contributed by atoms with Gasteiger partial charge in [-0.3, -0.25) is 9.47 Å². The van der Waals surface area contributed by atoms with Crippen molar-refractivity contribution in [2.24, 2.45) is 0 Å². The Bertz CT molecular complexity index is 898. The lowest BCUT2D eigenvalue weighted by atomic mass is 10.1. The highest BCUT2D eigenvalue weighted by Crippen LogP contribution is 2.20. The highest BCUT2D eigenvalue weighted by Gasteiger charge is 2.24. The second-order valence-electron chi connectivity index (χ2n) is 6.38. The van der Waals surface area contributed by atoms with Gasteiger partial charge in [-0.2, -0.15) is 0 Å². The van der Waals surface area contributed by atoms with Gasteiger partial charge in [0.1, 0.15) is 0 Å². The SMILES string of the molecule is CCCS(=O)(=O)NC1CCN(Cn2c(=O)oc3cc(Br)ccc32)CC1. The average molecular weight is 432 g/mol. The quantitative estimate of drug-likeness (QED) is 0.756. The Morgan fingerprint density at radius 1 is 1.32 bits per heavy atom. The number of hydrogen-bond donors (Lipinski definition) is 1. The normalized spacial score (nSPS) is 17.4. The van der Waals surface area contributed by atoms with E-state index in [2.05, 4.69) is 25.6 Å². The molecule has 9 heteroatoms. The second-order valence-corrected chi connectivity index (χ2v) is 9.17. The Morgan fingerprint density at radius 2 is 2.04 bits per heavy atom. The summed E-state index contributed by atoms with van der Waals surface area (Å²) in [5.74, 6) is -0.210. The highest BCUT2D eigenvalue weighted by atomic mass is 79.9. The molecule has 0 spiro atoms. The first-order chi connectivity index (χ1) is 11.9. The van der Waals surface area contributed by atoms with Crippen LogP contribution in [0.1, 0.15) is 26.2 Å². The molecule has 7 nitrogen and oxygen atoms in total. The van der Waals surface area contributed by atoms with E-state index in [1.165, 1.54) is 0 Å². The molecule has 1 saturated heterocycles. The van der Waals surface area contributed by atoms with Crippen molar-refractivity contribution in [1.82, 2.24) is 14.2 Å². The Labute approximate surface area is 155 Å². The van der Waals surface area contributed by atoms with E-state index in [9.17, 15) is 13.2 Å². The van der Waals surface area contributed by atoms with Gasteiger partial charge in [0.25, 0.3) is 0 Å². The third-order valence-corrected chi connectivity index (χ3v) is 6.51. The first-order valence-electron chi connectivity index (χ1n) is 8.39. The smallest absolute Gasteiger partial charge is 0.408 e. The van der Waals surface area contributed by atoms with Crippen molar-refractivity contribution in [2.45, 2.75) is 38.9 Å². The first-order valence-corrected chi connectivity index (χ1v) is 10.8. The Morgan fingerprint density at radius 3 is 2.72 bits per heavy atom. The molecule has 0 amide bonds. The lowest BCUT2D eigenvalue weighted by Gasteiger charge is -2.32. The number of hydrogen-bond acceptors (Lipinski definition) is 5. The maximum atomic E-state index is 12.1. The summed E-state index contributed by atoms with van der Waals surface area (Å²) in [6.45, 7) is 3.76. The summed E-state index contributed by atoms with van der Waals surface area (Å²) in [4.78, 5) is 14.3. The fourth-order valence-electron chi connectivity index (χ4n) is 3.15. The number of aromatic nitrogens is 1. The molecule has 138 valence electrons. The molecule has 1 fully saturated rings. The van der Waals surface area contributed by atoms with Crippen molar-refractivity contribution < 1.29 is 12.8 Å². The molecule has 1 aliphatic heterocycles. The van der Waals surface area contributed by atoms with Crippen LogP contribution in [-0.4, -0.2) is 42.8 Å². The van der Waals surface area contributed by atoms with Crippen LogP contribution in [0.25, 0.3) is 11.1 Å². The predicted molar refractivity (Wildman–Crippen MR) is 100.0 cm³/mol. The van der Waals surface area contributed by atoms with E-state index in [4.69, 9.17) is 4.42 Å². The number of sulfonamides is 1. The third kappa shape index (κ3) is 4.52. The molecule has 1 N–H and O–H groups in total. The van der Waals surface area contributed by atoms with E-state index in [0.29, 0.717) is 18.7 Å². The molecule has 0 radical (unpaired) electrons. The van der Waals surface area contributed by atoms with E-state index in [0.717, 1.165) is 35.9 Å². The summed E-state index contributed by atoms with van der Waals surface area (Å²) in [5, 5.41) is 0. The zero-order valence-corrected chi connectivity index (χ0v) is 16.5. The minimum Gasteiger partial charge on any atom is -0.408 e. The Kier molecular flexibility index (Phi) is 5.67. The summed E-state index contributed by atoms with van der Waals surface area (Å²) in [5.41, 5.74) is 1.32. The van der Waals surface area contributed by atoms with Gasteiger partial charge < -0.3 is 4.42 Å². The maximum absolute atomic E-state index is 12.1. The number of fused-ring (bicyclic) bond motifs is 1. The molecule has 0 unspecified atom stereocenters. The van der Waals surface area contributed by atoms with Gasteiger partial charge >= 0.3 is 5.76 Å². The molecule has 3 rings (SSSR count). The first kappa shape index (κ1) is 18.6. The number of halogens is 1. The van der Waals surface area contributed by atoms with Crippen LogP contribution in [0.2, 0.25) is 0 Å². The van der Waals surface area contributed by atoms with Gasteiger partial charge in [-0.15, -0.1) is 0 Å². The predicted octanol–water partition coefficient (Wildman–Crippen LogP) is 2.11.